The number of esters is 1. The van der Waals surface area contributed by atoms with E-state index < -0.39 is 0 Å². The van der Waals surface area contributed by atoms with Crippen LogP contribution < -0.4 is 4.90 Å². The van der Waals surface area contributed by atoms with Crippen molar-refractivity contribution in [1.82, 2.24) is 14.8 Å². The van der Waals surface area contributed by atoms with E-state index in [1.807, 2.05) is 45.2 Å². The molecule has 0 bridgehead atoms. The Morgan fingerprint density at radius 3 is 2.45 bits per heavy atom. The van der Waals surface area contributed by atoms with Crippen LogP contribution >= 0.6 is 0 Å². The number of aromatic nitrogens is 3. The van der Waals surface area contributed by atoms with Crippen molar-refractivity contribution in [3.05, 3.63) is 52.8 Å². The number of anilines is 1. The van der Waals surface area contributed by atoms with Gasteiger partial charge < -0.3 is 9.64 Å². The van der Waals surface area contributed by atoms with E-state index in [0.29, 0.717) is 25.3 Å². The molecule has 0 spiro atoms. The summed E-state index contributed by atoms with van der Waals surface area (Å²) in [7, 11) is 1.85. The summed E-state index contributed by atoms with van der Waals surface area (Å²) in [5.74, 6) is -0.201. The van der Waals surface area contributed by atoms with E-state index in [1.54, 1.807) is 17.8 Å². The van der Waals surface area contributed by atoms with Crippen LogP contribution in [0.5, 0.6) is 0 Å². The molecule has 1 aliphatic heterocycles. The Hall–Kier alpha value is -3.22. The first-order chi connectivity index (χ1) is 14.9. The third-order valence-corrected chi connectivity index (χ3v) is 6.01. The van der Waals surface area contributed by atoms with Crippen LogP contribution in [0.2, 0.25) is 0 Å². The van der Waals surface area contributed by atoms with Crippen LogP contribution in [-0.2, 0) is 11.8 Å². The predicted molar refractivity (Wildman–Crippen MR) is 120 cm³/mol. The Kier molecular flexibility index (Phi) is 5.76. The second-order valence-corrected chi connectivity index (χ2v) is 8.14. The minimum absolute atomic E-state index is 0.0164. The molecule has 0 N–H and O–H groups in total. The second-order valence-electron chi connectivity index (χ2n) is 8.14. The number of pyridine rings is 1. The number of ketones is 1. The molecule has 1 aliphatic rings. The third kappa shape index (κ3) is 3.92. The molecule has 0 saturated carbocycles. The normalized spacial score (nSPS) is 14.8. The zero-order chi connectivity index (χ0) is 22.1. The molecule has 3 heterocycles. The summed E-state index contributed by atoms with van der Waals surface area (Å²) in [4.78, 5) is 32.3. The number of hydrogen-bond acceptors (Lipinski definition) is 6. The van der Waals surface area contributed by atoms with Crippen molar-refractivity contribution in [2.75, 3.05) is 24.6 Å². The van der Waals surface area contributed by atoms with Crippen molar-refractivity contribution in [2.45, 2.75) is 33.6 Å². The number of carbonyl (C=O) groups is 2. The number of hydrogen-bond donors (Lipinski definition) is 0. The number of rotatable bonds is 5. The number of benzene rings is 1. The fourth-order valence-corrected chi connectivity index (χ4v) is 4.40. The van der Waals surface area contributed by atoms with Crippen molar-refractivity contribution in [2.24, 2.45) is 13.0 Å². The first kappa shape index (κ1) is 21.0. The van der Waals surface area contributed by atoms with Crippen LogP contribution in [0.25, 0.3) is 11.0 Å². The second kappa shape index (κ2) is 8.49. The number of fused-ring (bicyclic) bond motifs is 1. The molecule has 0 unspecified atom stereocenters. The van der Waals surface area contributed by atoms with E-state index in [4.69, 9.17) is 4.74 Å². The lowest BCUT2D eigenvalue weighted by atomic mass is 9.88. The summed E-state index contributed by atoms with van der Waals surface area (Å²) in [5.41, 5.74) is 4.74. The molecule has 0 atom stereocenters. The number of ether oxygens (including phenoxy) is 1. The maximum absolute atomic E-state index is 13.0. The fraction of sp³-hybridized carbons (Fsp3) is 0.417. The molecule has 1 aromatic carbocycles. The molecule has 1 fully saturated rings. The highest BCUT2D eigenvalue weighted by Crippen LogP contribution is 2.35. The summed E-state index contributed by atoms with van der Waals surface area (Å²) in [5, 5.41) is 5.37. The Bertz CT molecular complexity index is 1130. The summed E-state index contributed by atoms with van der Waals surface area (Å²) >= 11 is 0. The molecule has 31 heavy (non-hydrogen) atoms. The smallest absolute Gasteiger partial charge is 0.341 e. The van der Waals surface area contributed by atoms with Gasteiger partial charge in [0.25, 0.3) is 0 Å². The molecule has 1 saturated heterocycles. The van der Waals surface area contributed by atoms with Crippen LogP contribution in [0.15, 0.2) is 30.5 Å². The molecule has 7 heteroatoms. The highest BCUT2D eigenvalue weighted by molar-refractivity contribution is 6.05. The quantitative estimate of drug-likeness (QED) is 0.461. The fourth-order valence-electron chi connectivity index (χ4n) is 4.40. The molecule has 162 valence electrons. The van der Waals surface area contributed by atoms with Gasteiger partial charge in [-0.25, -0.2) is 9.78 Å². The minimum atomic E-state index is -0.381. The van der Waals surface area contributed by atoms with Crippen molar-refractivity contribution in [3.63, 3.8) is 0 Å². The van der Waals surface area contributed by atoms with Crippen molar-refractivity contribution in [3.8, 4) is 0 Å². The number of carbonyl (C=O) groups excluding carboxylic acids is 2. The van der Waals surface area contributed by atoms with Crippen molar-refractivity contribution in [1.29, 1.82) is 0 Å². The minimum Gasteiger partial charge on any atom is -0.462 e. The number of Topliss-reactive ketones (excluding diaryl/α,β-unsaturated/α-hetero) is 1. The van der Waals surface area contributed by atoms with E-state index in [9.17, 15) is 9.59 Å². The van der Waals surface area contributed by atoms with Gasteiger partial charge in [-0.1, -0.05) is 29.8 Å². The summed E-state index contributed by atoms with van der Waals surface area (Å²) in [6.45, 7) is 7.40. The van der Waals surface area contributed by atoms with Gasteiger partial charge in [-0.15, -0.1) is 0 Å². The molecular formula is C24H28N4O3. The first-order valence-electron chi connectivity index (χ1n) is 10.8. The maximum atomic E-state index is 13.0. The zero-order valence-corrected chi connectivity index (χ0v) is 18.5. The van der Waals surface area contributed by atoms with Crippen molar-refractivity contribution >= 4 is 28.5 Å². The van der Waals surface area contributed by atoms with E-state index in [0.717, 1.165) is 46.4 Å². The molecular weight excluding hydrogens is 392 g/mol. The van der Waals surface area contributed by atoms with Gasteiger partial charge >= 0.3 is 5.97 Å². The lowest BCUT2D eigenvalue weighted by Crippen LogP contribution is -2.37. The first-order valence-corrected chi connectivity index (χ1v) is 10.8. The molecule has 0 aliphatic carbocycles. The average molecular weight is 421 g/mol. The molecule has 2 aromatic heterocycles. The molecule has 7 nitrogen and oxygen atoms in total. The Morgan fingerprint density at radius 2 is 1.81 bits per heavy atom. The summed E-state index contributed by atoms with van der Waals surface area (Å²) < 4.78 is 7.03. The number of piperidine rings is 1. The molecule has 0 amide bonds. The van der Waals surface area contributed by atoms with Gasteiger partial charge in [-0.2, -0.15) is 5.10 Å². The predicted octanol–water partition coefficient (Wildman–Crippen LogP) is 3.86. The highest BCUT2D eigenvalue weighted by atomic mass is 16.5. The lowest BCUT2D eigenvalue weighted by molar-refractivity contribution is 0.0526. The largest absolute Gasteiger partial charge is 0.462 e. The van der Waals surface area contributed by atoms with Crippen LogP contribution in [-0.4, -0.2) is 46.2 Å². The zero-order valence-electron chi connectivity index (χ0n) is 18.5. The van der Waals surface area contributed by atoms with Crippen LogP contribution in [0.1, 0.15) is 51.7 Å². The standard InChI is InChI=1S/C24H28N4O3/c1-5-31-24(30)19-14-25-23-20(16(3)26-27(23)4)21(19)28-12-10-18(11-13-28)22(29)17-8-6-15(2)7-9-17/h6-9,14,18H,5,10-13H2,1-4H3. The van der Waals surface area contributed by atoms with Crippen LogP contribution in [0.4, 0.5) is 5.69 Å². The average Bonchev–Trinajstić information content (AvgIpc) is 3.07. The highest BCUT2D eigenvalue weighted by Gasteiger charge is 2.30. The Labute approximate surface area is 182 Å². The maximum Gasteiger partial charge on any atom is 0.341 e. The van der Waals surface area contributed by atoms with Gasteiger partial charge in [0, 0.05) is 37.8 Å². The van der Waals surface area contributed by atoms with Gasteiger partial charge in [-0.05, 0) is 33.6 Å². The summed E-state index contributed by atoms with van der Waals surface area (Å²) in [6, 6.07) is 7.78. The van der Waals surface area contributed by atoms with E-state index >= 15 is 0 Å². The number of aryl methyl sites for hydroxylation is 3. The monoisotopic (exact) mass is 420 g/mol. The Balaban J connectivity index is 1.63. The lowest BCUT2D eigenvalue weighted by Gasteiger charge is -2.34. The van der Waals surface area contributed by atoms with E-state index in [2.05, 4.69) is 15.0 Å². The van der Waals surface area contributed by atoms with Gasteiger partial charge in [0.05, 0.1) is 23.4 Å². The van der Waals surface area contributed by atoms with Crippen LogP contribution in [0.3, 0.4) is 0 Å². The summed E-state index contributed by atoms with van der Waals surface area (Å²) in [6.07, 6.45) is 3.05. The van der Waals surface area contributed by atoms with Gasteiger partial charge in [0.1, 0.15) is 5.56 Å². The Morgan fingerprint density at radius 1 is 1.13 bits per heavy atom. The third-order valence-electron chi connectivity index (χ3n) is 6.01. The molecule has 4 rings (SSSR count). The van der Waals surface area contributed by atoms with Gasteiger partial charge in [-0.3, -0.25) is 9.48 Å². The topological polar surface area (TPSA) is 77.3 Å². The molecule has 0 radical (unpaired) electrons. The van der Waals surface area contributed by atoms with Crippen molar-refractivity contribution < 1.29 is 14.3 Å². The van der Waals surface area contributed by atoms with Crippen LogP contribution in [0, 0.1) is 19.8 Å². The molecule has 3 aromatic rings. The van der Waals surface area contributed by atoms with E-state index in [-0.39, 0.29) is 17.7 Å². The SMILES string of the molecule is CCOC(=O)c1cnc2c(c(C)nn2C)c1N1CCC(C(=O)c2ccc(C)cc2)CC1. The van der Waals surface area contributed by atoms with E-state index in [1.165, 1.54) is 0 Å². The van der Waals surface area contributed by atoms with Gasteiger partial charge in [0.15, 0.2) is 11.4 Å². The number of nitrogens with zero attached hydrogens (tertiary/aromatic N) is 4. The van der Waals surface area contributed by atoms with Gasteiger partial charge in [0.2, 0.25) is 0 Å².